The molecule has 168 valence electrons. The second-order valence-electron chi connectivity index (χ2n) is 8.08. The smallest absolute Gasteiger partial charge is 0.323 e. The number of carbonyl (C=O) groups excluding carboxylic acids is 1. The first-order valence-corrected chi connectivity index (χ1v) is 10.5. The molecule has 2 aromatic carbocycles. The number of fused-ring (bicyclic) bond motifs is 3. The zero-order chi connectivity index (χ0) is 22.8. The molecule has 0 fully saturated rings. The van der Waals surface area contributed by atoms with Gasteiger partial charge in [-0.25, -0.2) is 4.39 Å². The van der Waals surface area contributed by atoms with Gasteiger partial charge in [-0.3, -0.25) is 9.59 Å². The lowest BCUT2D eigenvalue weighted by molar-refractivity contribution is -0.137. The molecule has 0 saturated carbocycles. The van der Waals surface area contributed by atoms with Crippen LogP contribution in [0.5, 0.6) is 11.5 Å². The number of benzene rings is 2. The zero-order valence-corrected chi connectivity index (χ0v) is 17.7. The molecule has 1 atom stereocenters. The summed E-state index contributed by atoms with van der Waals surface area (Å²) in [6.45, 7) is -0.176. The molecule has 3 aromatic rings. The topological polar surface area (TPSA) is 101 Å². The third kappa shape index (κ3) is 4.39. The van der Waals surface area contributed by atoms with Crippen molar-refractivity contribution in [1.29, 1.82) is 0 Å². The molecule has 8 heteroatoms. The maximum atomic E-state index is 13.9. The van der Waals surface area contributed by atoms with Crippen molar-refractivity contribution in [2.75, 3.05) is 7.11 Å². The first kappa shape index (κ1) is 21.7. The highest BCUT2D eigenvalue weighted by molar-refractivity contribution is 5.87. The van der Waals surface area contributed by atoms with Gasteiger partial charge in [-0.2, -0.15) is 0 Å². The van der Waals surface area contributed by atoms with Crippen molar-refractivity contribution >= 4 is 22.8 Å². The van der Waals surface area contributed by atoms with Gasteiger partial charge in [-0.1, -0.05) is 6.07 Å². The second-order valence-corrected chi connectivity index (χ2v) is 8.08. The van der Waals surface area contributed by atoms with Crippen LogP contribution in [0, 0.1) is 5.82 Å². The Morgan fingerprint density at radius 1 is 1.25 bits per heavy atom. The molecule has 1 aliphatic rings. The minimum absolute atomic E-state index is 0.0530. The molecule has 3 N–H and O–H groups in total. The van der Waals surface area contributed by atoms with Crippen LogP contribution in [0.1, 0.15) is 29.7 Å². The Bertz CT molecular complexity index is 1190. The number of hydrogen-bond donors (Lipinski definition) is 3. The first-order valence-electron chi connectivity index (χ1n) is 10.5. The summed E-state index contributed by atoms with van der Waals surface area (Å²) in [7, 11) is 1.47. The van der Waals surface area contributed by atoms with E-state index in [-0.39, 0.29) is 36.5 Å². The van der Waals surface area contributed by atoms with E-state index in [0.29, 0.717) is 42.3 Å². The summed E-state index contributed by atoms with van der Waals surface area (Å²) in [5.41, 5.74) is 3.38. The molecular weight excluding hydrogens is 415 g/mol. The van der Waals surface area contributed by atoms with Gasteiger partial charge in [0.15, 0.2) is 11.5 Å². The Hall–Kier alpha value is -3.55. The van der Waals surface area contributed by atoms with Gasteiger partial charge >= 0.3 is 5.97 Å². The number of carboxylic acid groups (broad SMARTS) is 1. The predicted octanol–water partition coefficient (Wildman–Crippen LogP) is 3.19. The van der Waals surface area contributed by atoms with Crippen LogP contribution in [-0.4, -0.2) is 39.8 Å². The Labute approximate surface area is 184 Å². The highest BCUT2D eigenvalue weighted by Gasteiger charge is 2.27. The maximum absolute atomic E-state index is 13.9. The summed E-state index contributed by atoms with van der Waals surface area (Å²) >= 11 is 0. The van der Waals surface area contributed by atoms with E-state index in [1.807, 2.05) is 0 Å². The third-order valence-electron chi connectivity index (χ3n) is 5.97. The molecule has 1 aliphatic carbocycles. The molecule has 1 amide bonds. The van der Waals surface area contributed by atoms with E-state index < -0.39 is 5.97 Å². The predicted molar refractivity (Wildman–Crippen MR) is 116 cm³/mol. The fourth-order valence-electron chi connectivity index (χ4n) is 4.50. The molecule has 1 aromatic heterocycles. The molecule has 0 aliphatic heterocycles. The monoisotopic (exact) mass is 440 g/mol. The molecule has 0 bridgehead atoms. The van der Waals surface area contributed by atoms with Crippen LogP contribution in [-0.2, 0) is 35.4 Å². The summed E-state index contributed by atoms with van der Waals surface area (Å²) in [5, 5.41) is 22.8. The van der Waals surface area contributed by atoms with Crippen LogP contribution in [0.3, 0.4) is 0 Å². The number of hydrogen-bond acceptors (Lipinski definition) is 4. The fourth-order valence-corrected chi connectivity index (χ4v) is 4.50. The molecule has 7 nitrogen and oxygen atoms in total. The first-order chi connectivity index (χ1) is 15.4. The van der Waals surface area contributed by atoms with Crippen molar-refractivity contribution in [2.24, 2.45) is 0 Å². The van der Waals surface area contributed by atoms with Gasteiger partial charge in [0.1, 0.15) is 12.4 Å². The highest BCUT2D eigenvalue weighted by Crippen LogP contribution is 2.33. The van der Waals surface area contributed by atoms with Gasteiger partial charge < -0.3 is 24.8 Å². The summed E-state index contributed by atoms with van der Waals surface area (Å²) in [6, 6.07) is 9.30. The van der Waals surface area contributed by atoms with Crippen LogP contribution < -0.4 is 10.1 Å². The maximum Gasteiger partial charge on any atom is 0.323 e. The van der Waals surface area contributed by atoms with E-state index in [9.17, 15) is 24.2 Å². The summed E-state index contributed by atoms with van der Waals surface area (Å²) in [5.74, 6) is -0.991. The number of amides is 1. The number of nitrogens with one attached hydrogen (secondary N) is 1. The van der Waals surface area contributed by atoms with E-state index in [1.54, 1.807) is 28.8 Å². The van der Waals surface area contributed by atoms with Crippen molar-refractivity contribution in [1.82, 2.24) is 9.88 Å². The number of phenols is 1. The van der Waals surface area contributed by atoms with Crippen LogP contribution in [0.15, 0.2) is 36.4 Å². The number of carbonyl (C=O) groups is 2. The van der Waals surface area contributed by atoms with Gasteiger partial charge in [0.05, 0.1) is 7.11 Å². The number of rotatable bonds is 7. The fraction of sp³-hybridized carbons (Fsp3) is 0.333. The van der Waals surface area contributed by atoms with E-state index in [1.165, 1.54) is 19.2 Å². The van der Waals surface area contributed by atoms with E-state index >= 15 is 0 Å². The quantitative estimate of drug-likeness (QED) is 0.524. The molecule has 0 spiro atoms. The van der Waals surface area contributed by atoms with Crippen LogP contribution in [0.2, 0.25) is 0 Å². The molecular formula is C24H25FN2O5. The lowest BCUT2D eigenvalue weighted by Crippen LogP contribution is -2.39. The van der Waals surface area contributed by atoms with Crippen LogP contribution in [0.4, 0.5) is 4.39 Å². The number of aromatic nitrogens is 1. The van der Waals surface area contributed by atoms with Gasteiger partial charge in [0, 0.05) is 29.1 Å². The Balaban J connectivity index is 1.46. The van der Waals surface area contributed by atoms with Crippen molar-refractivity contribution in [3.8, 4) is 11.5 Å². The van der Waals surface area contributed by atoms with Crippen LogP contribution in [0.25, 0.3) is 10.9 Å². The zero-order valence-electron chi connectivity index (χ0n) is 17.7. The summed E-state index contributed by atoms with van der Waals surface area (Å²) in [4.78, 5) is 23.9. The number of ether oxygens (including phenoxy) is 1. The van der Waals surface area contributed by atoms with Gasteiger partial charge in [-0.15, -0.1) is 0 Å². The van der Waals surface area contributed by atoms with Gasteiger partial charge in [-0.05, 0) is 67.1 Å². The third-order valence-corrected chi connectivity index (χ3v) is 5.97. The average Bonchev–Trinajstić information content (AvgIpc) is 3.05. The molecule has 0 saturated heterocycles. The van der Waals surface area contributed by atoms with E-state index in [0.717, 1.165) is 16.8 Å². The number of aryl methyl sites for hydroxylation is 1. The normalized spacial score (nSPS) is 15.4. The highest BCUT2D eigenvalue weighted by atomic mass is 19.1. The molecule has 32 heavy (non-hydrogen) atoms. The standard InChI is InChI=1S/C24H25FN2O5/c1-32-22-10-14(2-8-21(22)28)3-9-23(29)26-16-5-7-20-18(12-16)17-11-15(25)4-6-19(17)27(20)13-24(30)31/h2,4,6,8,10-11,16,28H,3,5,7,9,12-13H2,1H3,(H,26,29)(H,30,31). The minimum atomic E-state index is -0.949. The number of aromatic hydroxyl groups is 1. The van der Waals surface area contributed by atoms with Crippen molar-refractivity contribution < 1.29 is 28.9 Å². The number of methoxy groups -OCH3 is 1. The van der Waals surface area contributed by atoms with Crippen LogP contribution >= 0.6 is 0 Å². The van der Waals surface area contributed by atoms with Gasteiger partial charge in [0.25, 0.3) is 0 Å². The second kappa shape index (κ2) is 8.90. The number of halogens is 1. The van der Waals surface area contributed by atoms with E-state index in [4.69, 9.17) is 4.74 Å². The lowest BCUT2D eigenvalue weighted by atomic mass is 9.91. The Kier molecular flexibility index (Phi) is 6.03. The largest absolute Gasteiger partial charge is 0.504 e. The summed E-state index contributed by atoms with van der Waals surface area (Å²) in [6.07, 6.45) is 2.61. The number of carboxylic acids is 1. The minimum Gasteiger partial charge on any atom is -0.504 e. The molecule has 1 heterocycles. The lowest BCUT2D eigenvalue weighted by Gasteiger charge is -2.25. The number of phenolic OH excluding ortho intramolecular Hbond substituents is 1. The number of nitrogens with zero attached hydrogens (tertiary/aromatic N) is 1. The van der Waals surface area contributed by atoms with Crippen molar-refractivity contribution in [3.63, 3.8) is 0 Å². The van der Waals surface area contributed by atoms with Crippen molar-refractivity contribution in [3.05, 3.63) is 59.0 Å². The molecule has 4 rings (SSSR count). The Morgan fingerprint density at radius 3 is 2.81 bits per heavy atom. The number of aliphatic carboxylic acids is 1. The Morgan fingerprint density at radius 2 is 2.06 bits per heavy atom. The SMILES string of the molecule is COc1cc(CCC(=O)NC2CCc3c(c4cc(F)ccc4n3CC(=O)O)C2)ccc1O. The average molecular weight is 440 g/mol. The van der Waals surface area contributed by atoms with Crippen molar-refractivity contribution in [2.45, 2.75) is 44.7 Å². The van der Waals surface area contributed by atoms with E-state index in [2.05, 4.69) is 5.32 Å². The van der Waals surface area contributed by atoms with Gasteiger partial charge in [0.2, 0.25) is 5.91 Å². The molecule has 0 radical (unpaired) electrons. The molecule has 1 unspecified atom stereocenters. The summed E-state index contributed by atoms with van der Waals surface area (Å²) < 4.78 is 20.7.